The third-order valence-corrected chi connectivity index (χ3v) is 14.0. The van der Waals surface area contributed by atoms with Crippen molar-refractivity contribution in [2.45, 2.75) is 341 Å². The molecule has 0 spiro atoms. The number of allylic oxidation sites excluding steroid dienone is 4. The average molecular weight is 945 g/mol. The van der Waals surface area contributed by atoms with E-state index in [2.05, 4.69) is 43.5 Å². The van der Waals surface area contributed by atoms with Gasteiger partial charge in [0.05, 0.1) is 25.4 Å². The molecule has 0 rings (SSSR count). The Hall–Kier alpha value is -1.66. The second-order valence-corrected chi connectivity index (χ2v) is 20.7. The summed E-state index contributed by atoms with van der Waals surface area (Å²) in [5.41, 5.74) is 0. The van der Waals surface area contributed by atoms with E-state index in [1.165, 1.54) is 250 Å². The first-order valence-electron chi connectivity index (χ1n) is 30.1. The zero-order chi connectivity index (χ0) is 48.6. The van der Waals surface area contributed by atoms with Gasteiger partial charge in [0.25, 0.3) is 0 Å². The molecule has 0 bridgehead atoms. The van der Waals surface area contributed by atoms with E-state index >= 15 is 0 Å². The first-order valence-corrected chi connectivity index (χ1v) is 30.1. The summed E-state index contributed by atoms with van der Waals surface area (Å²) in [6, 6.07) is -0.545. The molecule has 6 nitrogen and oxygen atoms in total. The van der Waals surface area contributed by atoms with Crippen LogP contribution in [0, 0.1) is 0 Å². The molecule has 0 saturated carbocycles. The summed E-state index contributed by atoms with van der Waals surface area (Å²) in [5, 5.41) is 23.2. The van der Waals surface area contributed by atoms with Gasteiger partial charge in [0, 0.05) is 12.8 Å². The van der Waals surface area contributed by atoms with Crippen molar-refractivity contribution in [2.75, 3.05) is 13.2 Å². The quantitative estimate of drug-likeness (QED) is 0.0321. The summed E-state index contributed by atoms with van der Waals surface area (Å²) in [5.74, 6) is -0.0391. The highest BCUT2D eigenvalue weighted by atomic mass is 16.5. The van der Waals surface area contributed by atoms with Crippen molar-refractivity contribution in [3.05, 3.63) is 24.3 Å². The Morgan fingerprint density at radius 1 is 0.403 bits per heavy atom. The summed E-state index contributed by atoms with van der Waals surface area (Å²) in [4.78, 5) is 24.5. The number of hydrogen-bond donors (Lipinski definition) is 3. The van der Waals surface area contributed by atoms with E-state index in [4.69, 9.17) is 4.74 Å². The lowest BCUT2D eigenvalue weighted by Crippen LogP contribution is -2.45. The van der Waals surface area contributed by atoms with Crippen LogP contribution in [0.3, 0.4) is 0 Å². The lowest BCUT2D eigenvalue weighted by atomic mass is 10.0. The van der Waals surface area contributed by atoms with Gasteiger partial charge in [-0.25, -0.2) is 0 Å². The zero-order valence-corrected chi connectivity index (χ0v) is 45.1. The number of hydrogen-bond acceptors (Lipinski definition) is 5. The minimum Gasteiger partial charge on any atom is -0.466 e. The van der Waals surface area contributed by atoms with Gasteiger partial charge < -0.3 is 20.3 Å². The van der Waals surface area contributed by atoms with Crippen molar-refractivity contribution in [3.8, 4) is 0 Å². The van der Waals surface area contributed by atoms with Gasteiger partial charge in [0.2, 0.25) is 5.91 Å². The maximum absolute atomic E-state index is 12.5. The van der Waals surface area contributed by atoms with E-state index in [-0.39, 0.29) is 18.5 Å². The molecule has 0 aliphatic rings. The summed E-state index contributed by atoms with van der Waals surface area (Å²) in [6.07, 6.45) is 68.9. The summed E-state index contributed by atoms with van der Waals surface area (Å²) in [6.45, 7) is 4.95. The molecule has 0 aromatic rings. The van der Waals surface area contributed by atoms with E-state index in [0.29, 0.717) is 25.9 Å². The molecule has 0 fully saturated rings. The van der Waals surface area contributed by atoms with Gasteiger partial charge in [0.15, 0.2) is 0 Å². The molecule has 6 heteroatoms. The number of amides is 1. The molecule has 0 saturated heterocycles. The molecule has 0 aliphatic carbocycles. The Morgan fingerprint density at radius 2 is 0.701 bits per heavy atom. The molecule has 0 aromatic heterocycles. The number of unbranched alkanes of at least 4 members (excludes halogenated alkanes) is 41. The lowest BCUT2D eigenvalue weighted by molar-refractivity contribution is -0.143. The molecule has 67 heavy (non-hydrogen) atoms. The SMILES string of the molecule is CCCCCCCC/C=C\CCCCCCCC(=O)OCCCCCCCCCCCCC/C=C\CCCCCCCCCC(=O)NC(CO)C(O)CCCCCCCCCCCCCCC. The van der Waals surface area contributed by atoms with Crippen LogP contribution in [-0.4, -0.2) is 47.4 Å². The fourth-order valence-electron chi connectivity index (χ4n) is 9.34. The minimum absolute atomic E-state index is 0.00224. The fraction of sp³-hybridized carbons (Fsp3) is 0.902. The fourth-order valence-corrected chi connectivity index (χ4v) is 9.34. The van der Waals surface area contributed by atoms with Gasteiger partial charge in [-0.2, -0.15) is 0 Å². The number of ether oxygens (including phenoxy) is 1. The van der Waals surface area contributed by atoms with Crippen LogP contribution < -0.4 is 5.32 Å². The first kappa shape index (κ1) is 65.3. The number of carbonyl (C=O) groups is 2. The highest BCUT2D eigenvalue weighted by Crippen LogP contribution is 2.17. The summed E-state index contributed by atoms with van der Waals surface area (Å²) >= 11 is 0. The highest BCUT2D eigenvalue weighted by Gasteiger charge is 2.20. The maximum Gasteiger partial charge on any atom is 0.305 e. The first-order chi connectivity index (χ1) is 33.0. The number of rotatable bonds is 56. The normalized spacial score (nSPS) is 12.7. The van der Waals surface area contributed by atoms with Gasteiger partial charge in [-0.15, -0.1) is 0 Å². The standard InChI is InChI=1S/C61H117NO5/c1-3-5-7-9-11-13-15-17-26-31-35-39-43-47-51-55-61(66)67-56-52-48-44-40-36-32-28-25-23-21-19-18-20-22-24-27-30-34-38-42-46-50-54-60(65)62-58(57-63)59(64)53-49-45-41-37-33-29-16-14-12-10-8-6-4-2/h17,20,22,26,58-59,63-64H,3-16,18-19,21,23-25,27-57H2,1-2H3,(H,62,65)/b22-20-,26-17-. The molecule has 1 amide bonds. The monoisotopic (exact) mass is 944 g/mol. The van der Waals surface area contributed by atoms with E-state index < -0.39 is 12.1 Å². The lowest BCUT2D eigenvalue weighted by Gasteiger charge is -2.22. The minimum atomic E-state index is -0.668. The van der Waals surface area contributed by atoms with Crippen LogP contribution in [0.15, 0.2) is 24.3 Å². The number of esters is 1. The van der Waals surface area contributed by atoms with Gasteiger partial charge in [-0.1, -0.05) is 263 Å². The van der Waals surface area contributed by atoms with Gasteiger partial charge in [-0.3, -0.25) is 9.59 Å². The van der Waals surface area contributed by atoms with Crippen molar-refractivity contribution in [1.82, 2.24) is 5.32 Å². The molecule has 396 valence electrons. The summed E-state index contributed by atoms with van der Waals surface area (Å²) in [7, 11) is 0. The van der Waals surface area contributed by atoms with E-state index in [1.807, 2.05) is 0 Å². The van der Waals surface area contributed by atoms with Crippen molar-refractivity contribution in [2.24, 2.45) is 0 Å². The number of aliphatic hydroxyl groups excluding tert-OH is 2. The molecule has 0 radical (unpaired) electrons. The van der Waals surface area contributed by atoms with Crippen LogP contribution in [0.25, 0.3) is 0 Å². The third-order valence-electron chi connectivity index (χ3n) is 14.0. The van der Waals surface area contributed by atoms with Gasteiger partial charge in [-0.05, 0) is 77.0 Å². The highest BCUT2D eigenvalue weighted by molar-refractivity contribution is 5.76. The van der Waals surface area contributed by atoms with Crippen molar-refractivity contribution < 1.29 is 24.5 Å². The summed E-state index contributed by atoms with van der Waals surface area (Å²) < 4.78 is 5.48. The van der Waals surface area contributed by atoms with Crippen LogP contribution >= 0.6 is 0 Å². The molecule has 2 atom stereocenters. The zero-order valence-electron chi connectivity index (χ0n) is 45.1. The van der Waals surface area contributed by atoms with Crippen LogP contribution in [-0.2, 0) is 14.3 Å². The van der Waals surface area contributed by atoms with Crippen molar-refractivity contribution in [3.63, 3.8) is 0 Å². The Bertz CT molecular complexity index is 1040. The Balaban J connectivity index is 3.41. The predicted octanol–water partition coefficient (Wildman–Crippen LogP) is 18.6. The van der Waals surface area contributed by atoms with E-state index in [1.54, 1.807) is 0 Å². The Labute approximate surface area is 418 Å². The second kappa shape index (κ2) is 56.9. The third kappa shape index (κ3) is 53.5. The molecule has 3 N–H and O–H groups in total. The Morgan fingerprint density at radius 3 is 1.06 bits per heavy atom. The van der Waals surface area contributed by atoms with Gasteiger partial charge >= 0.3 is 5.97 Å². The topological polar surface area (TPSA) is 95.9 Å². The number of aliphatic hydroxyl groups is 2. The second-order valence-electron chi connectivity index (χ2n) is 20.7. The molecule has 0 aromatic carbocycles. The number of nitrogens with one attached hydrogen (secondary N) is 1. The molecular weight excluding hydrogens is 827 g/mol. The number of carbonyl (C=O) groups excluding carboxylic acids is 2. The van der Waals surface area contributed by atoms with Crippen LogP contribution in [0.5, 0.6) is 0 Å². The van der Waals surface area contributed by atoms with Crippen molar-refractivity contribution in [1.29, 1.82) is 0 Å². The maximum atomic E-state index is 12.5. The molecular formula is C61H117NO5. The largest absolute Gasteiger partial charge is 0.466 e. The van der Waals surface area contributed by atoms with E-state index in [9.17, 15) is 19.8 Å². The van der Waals surface area contributed by atoms with Crippen molar-refractivity contribution >= 4 is 11.9 Å². The van der Waals surface area contributed by atoms with Crippen LogP contribution in [0.2, 0.25) is 0 Å². The predicted molar refractivity (Wildman–Crippen MR) is 292 cm³/mol. The smallest absolute Gasteiger partial charge is 0.305 e. The molecule has 0 heterocycles. The molecule has 0 aliphatic heterocycles. The van der Waals surface area contributed by atoms with E-state index in [0.717, 1.165) is 44.9 Å². The average Bonchev–Trinajstić information content (AvgIpc) is 3.33. The molecule has 2 unspecified atom stereocenters. The van der Waals surface area contributed by atoms with Crippen LogP contribution in [0.4, 0.5) is 0 Å². The van der Waals surface area contributed by atoms with Gasteiger partial charge in [0.1, 0.15) is 0 Å². The Kier molecular flexibility index (Phi) is 55.5. The van der Waals surface area contributed by atoms with Crippen LogP contribution in [0.1, 0.15) is 328 Å².